The second-order valence-electron chi connectivity index (χ2n) is 6.28. The molecule has 1 heterocycles. The van der Waals surface area contributed by atoms with Crippen molar-refractivity contribution in [3.05, 3.63) is 24.3 Å². The molecule has 0 saturated carbocycles. The Hall–Kier alpha value is -1.68. The second kappa shape index (κ2) is 9.14. The van der Waals surface area contributed by atoms with E-state index in [9.17, 15) is 18.3 Å². The van der Waals surface area contributed by atoms with Gasteiger partial charge in [-0.25, -0.2) is 18.4 Å². The molecule has 9 heteroatoms. The summed E-state index contributed by atoms with van der Waals surface area (Å²) in [6.07, 6.45) is 4.08. The molecule has 1 fully saturated rings. The molecule has 2 amide bonds. The smallest absolute Gasteiger partial charge is 0.319 e. The number of sulfonamides is 1. The number of aliphatic hydroxyl groups is 1. The normalized spacial score (nSPS) is 17.5. The number of benzene rings is 1. The number of β-amino-alcohol motifs (C(OH)–C–C–N with tert-alkyl or cyclic N) is 1. The van der Waals surface area contributed by atoms with E-state index in [0.29, 0.717) is 12.2 Å². The van der Waals surface area contributed by atoms with Crippen LogP contribution in [-0.2, 0) is 10.0 Å². The summed E-state index contributed by atoms with van der Waals surface area (Å²) in [5.74, 6) is 0. The number of nitrogens with zero attached hydrogens (tertiary/aromatic N) is 1. The number of hydrogen-bond donors (Lipinski definition) is 4. The van der Waals surface area contributed by atoms with Gasteiger partial charge in [0.05, 0.1) is 11.0 Å². The Morgan fingerprint density at radius 2 is 1.92 bits per heavy atom. The number of amides is 2. The monoisotopic (exact) mass is 370 g/mol. The molecule has 0 spiro atoms. The summed E-state index contributed by atoms with van der Waals surface area (Å²) in [5.41, 5.74) is 0.311. The zero-order chi connectivity index (χ0) is 18.3. The fourth-order valence-electron chi connectivity index (χ4n) is 2.82. The highest BCUT2D eigenvalue weighted by molar-refractivity contribution is 7.89. The lowest BCUT2D eigenvalue weighted by Gasteiger charge is -2.23. The van der Waals surface area contributed by atoms with Crippen molar-refractivity contribution < 1.29 is 18.3 Å². The zero-order valence-corrected chi connectivity index (χ0v) is 15.0. The first-order valence-electron chi connectivity index (χ1n) is 8.43. The molecule has 1 aliphatic rings. The highest BCUT2D eigenvalue weighted by Gasteiger charge is 2.15. The second-order valence-corrected chi connectivity index (χ2v) is 7.84. The Balaban J connectivity index is 1.78. The van der Waals surface area contributed by atoms with Crippen molar-refractivity contribution in [2.75, 3.05) is 31.5 Å². The Kier molecular flexibility index (Phi) is 7.18. The number of carbonyl (C=O) groups is 1. The quantitative estimate of drug-likeness (QED) is 0.586. The molecule has 1 aliphatic heterocycles. The van der Waals surface area contributed by atoms with Crippen LogP contribution in [0, 0.1) is 0 Å². The number of hydrogen-bond acceptors (Lipinski definition) is 5. The Morgan fingerprint density at radius 3 is 2.56 bits per heavy atom. The first-order chi connectivity index (χ1) is 11.8. The van der Waals surface area contributed by atoms with E-state index in [1.165, 1.54) is 31.0 Å². The van der Waals surface area contributed by atoms with Gasteiger partial charge in [0.15, 0.2) is 0 Å². The first kappa shape index (κ1) is 19.6. The highest BCUT2D eigenvalue weighted by atomic mass is 32.2. The van der Waals surface area contributed by atoms with Gasteiger partial charge in [-0.15, -0.1) is 0 Å². The lowest BCUT2D eigenvalue weighted by molar-refractivity contribution is 0.115. The van der Waals surface area contributed by atoms with Crippen LogP contribution in [-0.4, -0.2) is 56.7 Å². The molecule has 0 unspecified atom stereocenters. The fourth-order valence-corrected chi connectivity index (χ4v) is 3.38. The average Bonchev–Trinajstić information content (AvgIpc) is 2.81. The van der Waals surface area contributed by atoms with Crippen LogP contribution >= 0.6 is 0 Å². The molecule has 5 N–H and O–H groups in total. The number of primary sulfonamides is 1. The summed E-state index contributed by atoms with van der Waals surface area (Å²) in [4.78, 5) is 14.0. The fraction of sp³-hybridized carbons (Fsp3) is 0.562. The van der Waals surface area contributed by atoms with Gasteiger partial charge in [-0.05, 0) is 44.1 Å². The highest BCUT2D eigenvalue weighted by Crippen LogP contribution is 2.14. The summed E-state index contributed by atoms with van der Waals surface area (Å²) < 4.78 is 22.6. The molecule has 2 rings (SSSR count). The molecule has 25 heavy (non-hydrogen) atoms. The third kappa shape index (κ3) is 6.99. The van der Waals surface area contributed by atoms with Gasteiger partial charge in [0, 0.05) is 18.8 Å². The van der Waals surface area contributed by atoms with Crippen LogP contribution in [0.15, 0.2) is 29.2 Å². The van der Waals surface area contributed by atoms with E-state index in [2.05, 4.69) is 15.5 Å². The van der Waals surface area contributed by atoms with Crippen molar-refractivity contribution in [2.45, 2.75) is 36.7 Å². The number of urea groups is 1. The molecule has 0 aromatic heterocycles. The molecule has 1 aromatic rings. The van der Waals surface area contributed by atoms with Crippen molar-refractivity contribution in [2.24, 2.45) is 5.14 Å². The number of anilines is 1. The Labute approximate surface area is 148 Å². The lowest BCUT2D eigenvalue weighted by Crippen LogP contribution is -2.41. The molecular weight excluding hydrogens is 344 g/mol. The minimum Gasteiger partial charge on any atom is -0.390 e. The van der Waals surface area contributed by atoms with E-state index in [-0.39, 0.29) is 11.4 Å². The molecule has 140 valence electrons. The molecule has 8 nitrogen and oxygen atoms in total. The SMILES string of the molecule is NS(=O)(=O)c1cccc(NC(=O)NC[C@H](O)CN2CCCCCC2)c1. The van der Waals surface area contributed by atoms with Gasteiger partial charge in [0.1, 0.15) is 0 Å². The first-order valence-corrected chi connectivity index (χ1v) is 9.97. The molecule has 1 atom stereocenters. The molecular formula is C16H26N4O4S. The molecule has 0 radical (unpaired) electrons. The molecule has 1 aromatic carbocycles. The van der Waals surface area contributed by atoms with Gasteiger partial charge < -0.3 is 20.6 Å². The molecule has 1 saturated heterocycles. The molecule has 0 bridgehead atoms. The van der Waals surface area contributed by atoms with Crippen LogP contribution < -0.4 is 15.8 Å². The van der Waals surface area contributed by atoms with Crippen LogP contribution in [0.5, 0.6) is 0 Å². The third-order valence-corrected chi connectivity index (χ3v) is 5.00. The molecule has 0 aliphatic carbocycles. The van der Waals surface area contributed by atoms with Crippen LogP contribution in [0.3, 0.4) is 0 Å². The maximum Gasteiger partial charge on any atom is 0.319 e. The summed E-state index contributed by atoms with van der Waals surface area (Å²) in [7, 11) is -3.82. The number of nitrogens with two attached hydrogens (primary N) is 1. The van der Waals surface area contributed by atoms with Gasteiger partial charge in [-0.2, -0.15) is 0 Å². The largest absolute Gasteiger partial charge is 0.390 e. The summed E-state index contributed by atoms with van der Waals surface area (Å²) >= 11 is 0. The average molecular weight is 370 g/mol. The third-order valence-electron chi connectivity index (χ3n) is 4.09. The minimum atomic E-state index is -3.82. The van der Waals surface area contributed by atoms with Crippen LogP contribution in [0.1, 0.15) is 25.7 Å². The van der Waals surface area contributed by atoms with Crippen molar-refractivity contribution >= 4 is 21.7 Å². The summed E-state index contributed by atoms with van der Waals surface area (Å²) in [5, 5.41) is 20.3. The van der Waals surface area contributed by atoms with E-state index in [1.54, 1.807) is 6.07 Å². The topological polar surface area (TPSA) is 125 Å². The van der Waals surface area contributed by atoms with Crippen LogP contribution in [0.4, 0.5) is 10.5 Å². The van der Waals surface area contributed by atoms with Crippen LogP contribution in [0.25, 0.3) is 0 Å². The lowest BCUT2D eigenvalue weighted by atomic mass is 10.2. The van der Waals surface area contributed by atoms with Gasteiger partial charge in [0.2, 0.25) is 10.0 Å². The number of likely N-dealkylation sites (tertiary alicyclic amines) is 1. The number of carbonyl (C=O) groups excluding carboxylic acids is 1. The van der Waals surface area contributed by atoms with Gasteiger partial charge in [-0.3, -0.25) is 0 Å². The van der Waals surface area contributed by atoms with Crippen molar-refractivity contribution in [1.82, 2.24) is 10.2 Å². The maximum absolute atomic E-state index is 11.9. The Bertz CT molecular complexity index is 672. The van der Waals surface area contributed by atoms with Crippen LogP contribution in [0.2, 0.25) is 0 Å². The number of rotatable bonds is 6. The van der Waals surface area contributed by atoms with Crippen molar-refractivity contribution in [1.29, 1.82) is 0 Å². The van der Waals surface area contributed by atoms with E-state index in [0.717, 1.165) is 25.9 Å². The predicted molar refractivity (Wildman–Crippen MR) is 95.8 cm³/mol. The summed E-state index contributed by atoms with van der Waals surface area (Å²) in [6, 6.07) is 5.17. The number of aliphatic hydroxyl groups excluding tert-OH is 1. The van der Waals surface area contributed by atoms with E-state index >= 15 is 0 Å². The van der Waals surface area contributed by atoms with Gasteiger partial charge >= 0.3 is 6.03 Å². The van der Waals surface area contributed by atoms with E-state index in [1.807, 2.05) is 0 Å². The van der Waals surface area contributed by atoms with Gasteiger partial charge in [-0.1, -0.05) is 18.9 Å². The maximum atomic E-state index is 11.9. The predicted octanol–water partition coefficient (Wildman–Crippen LogP) is 0.692. The Morgan fingerprint density at radius 1 is 1.24 bits per heavy atom. The van der Waals surface area contributed by atoms with Crippen molar-refractivity contribution in [3.63, 3.8) is 0 Å². The van der Waals surface area contributed by atoms with E-state index in [4.69, 9.17) is 5.14 Å². The zero-order valence-electron chi connectivity index (χ0n) is 14.1. The van der Waals surface area contributed by atoms with Crippen molar-refractivity contribution in [3.8, 4) is 0 Å². The standard InChI is InChI=1S/C16H26N4O4S/c17-25(23,24)15-7-5-6-13(10-15)19-16(22)18-11-14(21)12-20-8-3-1-2-4-9-20/h5-7,10,14,21H,1-4,8-9,11-12H2,(H2,17,23,24)(H2,18,19,22)/t14-/m0/s1. The van der Waals surface area contributed by atoms with Gasteiger partial charge in [0.25, 0.3) is 0 Å². The number of nitrogens with one attached hydrogen (secondary N) is 2. The van der Waals surface area contributed by atoms with E-state index < -0.39 is 22.2 Å². The summed E-state index contributed by atoms with van der Waals surface area (Å²) in [6.45, 7) is 2.60. The minimum absolute atomic E-state index is 0.0773.